The third-order valence-electron chi connectivity index (χ3n) is 6.12. The second-order valence-corrected chi connectivity index (χ2v) is 9.98. The maximum atomic E-state index is 13.1. The van der Waals surface area contributed by atoms with E-state index in [-0.39, 0.29) is 10.8 Å². The number of sulfonamides is 1. The van der Waals surface area contributed by atoms with E-state index in [1.807, 2.05) is 24.3 Å². The molecule has 0 saturated carbocycles. The summed E-state index contributed by atoms with van der Waals surface area (Å²) in [5.41, 5.74) is 2.18. The Morgan fingerprint density at radius 3 is 2.33 bits per heavy atom. The van der Waals surface area contributed by atoms with E-state index >= 15 is 0 Å². The number of benzene rings is 2. The minimum atomic E-state index is -3.86. The molecule has 1 fully saturated rings. The average Bonchev–Trinajstić information content (AvgIpc) is 2.92. The van der Waals surface area contributed by atoms with Gasteiger partial charge in [0.15, 0.2) is 0 Å². The number of hydrogen-bond acceptors (Lipinski definition) is 7. The molecule has 5 rings (SSSR count). The molecule has 0 unspecified atom stereocenters. The summed E-state index contributed by atoms with van der Waals surface area (Å²) < 4.78 is 34.0. The van der Waals surface area contributed by atoms with E-state index in [9.17, 15) is 13.2 Å². The highest BCUT2D eigenvalue weighted by Crippen LogP contribution is 2.27. The van der Waals surface area contributed by atoms with Crippen molar-refractivity contribution >= 4 is 38.2 Å². The predicted octanol–water partition coefficient (Wildman–Crippen LogP) is 3.40. The number of nitrogens with one attached hydrogen (secondary N) is 1. The molecule has 0 radical (unpaired) electrons. The Labute approximate surface area is 209 Å². The van der Waals surface area contributed by atoms with Gasteiger partial charge in [0.1, 0.15) is 4.90 Å². The maximum Gasteiger partial charge on any atom is 0.264 e. The fourth-order valence-corrected chi connectivity index (χ4v) is 5.54. The van der Waals surface area contributed by atoms with Crippen LogP contribution in [0.1, 0.15) is 10.4 Å². The fraction of sp³-hybridized carbons (Fsp3) is 0.192. The van der Waals surface area contributed by atoms with Crippen LogP contribution in [0.3, 0.4) is 0 Å². The van der Waals surface area contributed by atoms with Gasteiger partial charge in [-0.1, -0.05) is 18.2 Å². The summed E-state index contributed by atoms with van der Waals surface area (Å²) >= 11 is 0. The van der Waals surface area contributed by atoms with Crippen LogP contribution in [-0.2, 0) is 10.0 Å². The molecule has 0 atom stereocenters. The summed E-state index contributed by atoms with van der Waals surface area (Å²) in [4.78, 5) is 25.6. The number of carbonyl (C=O) groups excluding carboxylic acids is 1. The Balaban J connectivity index is 1.25. The van der Waals surface area contributed by atoms with Gasteiger partial charge in [-0.3, -0.25) is 14.5 Å². The second kappa shape index (κ2) is 9.82. The zero-order valence-electron chi connectivity index (χ0n) is 19.7. The lowest BCUT2D eigenvalue weighted by Crippen LogP contribution is -2.48. The van der Waals surface area contributed by atoms with Crippen LogP contribution in [-0.4, -0.2) is 62.5 Å². The lowest BCUT2D eigenvalue weighted by molar-refractivity contribution is 0.0746. The van der Waals surface area contributed by atoms with Gasteiger partial charge in [-0.05, 0) is 48.5 Å². The van der Waals surface area contributed by atoms with Gasteiger partial charge in [0.05, 0.1) is 18.3 Å². The smallest absolute Gasteiger partial charge is 0.264 e. The summed E-state index contributed by atoms with van der Waals surface area (Å²) in [6.07, 6.45) is 3.25. The van der Waals surface area contributed by atoms with Crippen LogP contribution in [0.15, 0.2) is 84.0 Å². The van der Waals surface area contributed by atoms with Crippen molar-refractivity contribution in [3.05, 3.63) is 84.7 Å². The molecule has 0 aliphatic carbocycles. The predicted molar refractivity (Wildman–Crippen MR) is 138 cm³/mol. The highest BCUT2D eigenvalue weighted by Gasteiger charge is 2.24. The van der Waals surface area contributed by atoms with Gasteiger partial charge in [-0.2, -0.15) is 0 Å². The molecule has 36 heavy (non-hydrogen) atoms. The highest BCUT2D eigenvalue weighted by molar-refractivity contribution is 7.93. The number of ether oxygens (including phenoxy) is 1. The first-order valence-corrected chi connectivity index (χ1v) is 12.9. The number of para-hydroxylation sites is 1. The van der Waals surface area contributed by atoms with Crippen molar-refractivity contribution in [3.63, 3.8) is 0 Å². The molecule has 3 heterocycles. The number of amides is 1. The van der Waals surface area contributed by atoms with Crippen molar-refractivity contribution < 1.29 is 17.9 Å². The number of anilines is 2. The minimum absolute atomic E-state index is 0.0968. The Hall–Kier alpha value is -4.18. The molecule has 10 heteroatoms. The standard InChI is InChI=1S/C26H25N5O4S/c1-35-25-22(7-4-14-28-25)30-15-17-31(18-16-30)26(32)20-9-11-21(12-10-20)29-36(33,34)23-8-2-5-19-6-3-13-27-24(19)23/h2-14,29H,15-18H2,1H3. The number of carbonyl (C=O) groups is 1. The molecule has 1 aliphatic rings. The molecule has 4 aromatic rings. The van der Waals surface area contributed by atoms with Crippen molar-refractivity contribution in [2.45, 2.75) is 4.90 Å². The number of nitrogens with zero attached hydrogens (tertiary/aromatic N) is 4. The first kappa shape index (κ1) is 23.6. The zero-order chi connectivity index (χ0) is 25.1. The largest absolute Gasteiger partial charge is 0.480 e. The quantitative estimate of drug-likeness (QED) is 0.430. The Bertz CT molecular complexity index is 1500. The summed E-state index contributed by atoms with van der Waals surface area (Å²) in [6.45, 7) is 2.42. The number of piperazine rings is 1. The molecule has 1 N–H and O–H groups in total. The average molecular weight is 504 g/mol. The molecule has 0 bridgehead atoms. The van der Waals surface area contributed by atoms with Crippen molar-refractivity contribution in [1.82, 2.24) is 14.9 Å². The Morgan fingerprint density at radius 2 is 1.58 bits per heavy atom. The molecular formula is C26H25N5O4S. The van der Waals surface area contributed by atoms with Crippen molar-refractivity contribution in [1.29, 1.82) is 0 Å². The van der Waals surface area contributed by atoms with E-state index in [4.69, 9.17) is 4.74 Å². The SMILES string of the molecule is COc1ncccc1N1CCN(C(=O)c2ccc(NS(=O)(=O)c3cccc4cccnc34)cc2)CC1. The van der Waals surface area contributed by atoms with Crippen LogP contribution < -0.4 is 14.4 Å². The molecule has 1 saturated heterocycles. The Morgan fingerprint density at radius 1 is 0.889 bits per heavy atom. The van der Waals surface area contributed by atoms with Crippen LogP contribution in [0.2, 0.25) is 0 Å². The van der Waals surface area contributed by atoms with E-state index in [1.54, 1.807) is 60.8 Å². The molecule has 9 nitrogen and oxygen atoms in total. The van der Waals surface area contributed by atoms with Gasteiger partial charge in [0.2, 0.25) is 5.88 Å². The van der Waals surface area contributed by atoms with Crippen molar-refractivity contribution in [2.24, 2.45) is 0 Å². The van der Waals surface area contributed by atoms with E-state index in [0.717, 1.165) is 11.1 Å². The number of methoxy groups -OCH3 is 1. The number of rotatable bonds is 6. The van der Waals surface area contributed by atoms with Crippen LogP contribution in [0.5, 0.6) is 5.88 Å². The van der Waals surface area contributed by atoms with E-state index in [1.165, 1.54) is 6.07 Å². The van der Waals surface area contributed by atoms with Crippen LogP contribution in [0, 0.1) is 0 Å². The third kappa shape index (κ3) is 4.67. The summed E-state index contributed by atoms with van der Waals surface area (Å²) in [6, 6.07) is 18.9. The van der Waals surface area contributed by atoms with Crippen LogP contribution in [0.4, 0.5) is 11.4 Å². The van der Waals surface area contributed by atoms with E-state index < -0.39 is 10.0 Å². The van der Waals surface area contributed by atoms with E-state index in [0.29, 0.717) is 48.8 Å². The summed E-state index contributed by atoms with van der Waals surface area (Å²) in [5.74, 6) is 0.468. The number of pyridine rings is 2. The molecule has 0 spiro atoms. The fourth-order valence-electron chi connectivity index (χ4n) is 4.30. The minimum Gasteiger partial charge on any atom is -0.480 e. The lowest BCUT2D eigenvalue weighted by Gasteiger charge is -2.36. The third-order valence-corrected chi connectivity index (χ3v) is 7.53. The first-order chi connectivity index (χ1) is 17.5. The van der Waals surface area contributed by atoms with Crippen LogP contribution in [0.25, 0.3) is 10.9 Å². The Kier molecular flexibility index (Phi) is 6.43. The second-order valence-electron chi connectivity index (χ2n) is 8.33. The van der Waals surface area contributed by atoms with Gasteiger partial charge in [0.25, 0.3) is 15.9 Å². The molecular weight excluding hydrogens is 478 g/mol. The number of fused-ring (bicyclic) bond motifs is 1. The van der Waals surface area contributed by atoms with Gasteiger partial charge < -0.3 is 14.5 Å². The summed E-state index contributed by atoms with van der Waals surface area (Å²) in [5, 5.41) is 0.739. The zero-order valence-corrected chi connectivity index (χ0v) is 20.5. The summed E-state index contributed by atoms with van der Waals surface area (Å²) in [7, 11) is -2.27. The number of hydrogen-bond donors (Lipinski definition) is 1. The van der Waals surface area contributed by atoms with Gasteiger partial charge in [-0.25, -0.2) is 13.4 Å². The van der Waals surface area contributed by atoms with Gasteiger partial charge in [-0.15, -0.1) is 0 Å². The topological polar surface area (TPSA) is 105 Å². The first-order valence-electron chi connectivity index (χ1n) is 11.5. The van der Waals surface area contributed by atoms with Gasteiger partial charge in [0, 0.05) is 55.2 Å². The van der Waals surface area contributed by atoms with Crippen molar-refractivity contribution in [3.8, 4) is 5.88 Å². The molecule has 1 aliphatic heterocycles. The monoisotopic (exact) mass is 503 g/mol. The van der Waals surface area contributed by atoms with Crippen LogP contribution >= 0.6 is 0 Å². The molecule has 2 aromatic heterocycles. The molecule has 2 aromatic carbocycles. The number of aromatic nitrogens is 2. The maximum absolute atomic E-state index is 13.1. The molecule has 184 valence electrons. The highest BCUT2D eigenvalue weighted by atomic mass is 32.2. The lowest BCUT2D eigenvalue weighted by atomic mass is 10.1. The van der Waals surface area contributed by atoms with E-state index in [2.05, 4.69) is 19.6 Å². The normalized spacial score (nSPS) is 14.0. The molecule has 1 amide bonds. The van der Waals surface area contributed by atoms with Crippen molar-refractivity contribution in [2.75, 3.05) is 42.9 Å². The van der Waals surface area contributed by atoms with Gasteiger partial charge >= 0.3 is 0 Å².